The SMILES string of the molecule is Cc1ccc(N(C(=O)Cn2nnc(-c3cccs3)n2)C(CC(C)C)C(=O)NC2CCCCC2)cc1. The van der Waals surface area contributed by atoms with Crippen molar-refractivity contribution in [2.75, 3.05) is 4.90 Å². The van der Waals surface area contributed by atoms with Gasteiger partial charge in [0.05, 0.1) is 4.88 Å². The van der Waals surface area contributed by atoms with Crippen LogP contribution in [0.1, 0.15) is 57.9 Å². The Morgan fingerprint density at radius 2 is 1.89 bits per heavy atom. The van der Waals surface area contributed by atoms with Gasteiger partial charge in [0, 0.05) is 11.7 Å². The molecule has 8 nitrogen and oxygen atoms in total. The molecule has 0 spiro atoms. The van der Waals surface area contributed by atoms with Crippen molar-refractivity contribution >= 4 is 28.8 Å². The van der Waals surface area contributed by atoms with E-state index in [1.165, 1.54) is 22.6 Å². The maximum Gasteiger partial charge on any atom is 0.251 e. The van der Waals surface area contributed by atoms with Crippen molar-refractivity contribution in [2.45, 2.75) is 77.9 Å². The second-order valence-electron chi connectivity index (χ2n) is 9.71. The first-order valence-corrected chi connectivity index (χ1v) is 13.3. The molecule has 2 aromatic heterocycles. The summed E-state index contributed by atoms with van der Waals surface area (Å²) in [7, 11) is 0. The lowest BCUT2D eigenvalue weighted by Gasteiger charge is -2.34. The topological polar surface area (TPSA) is 93.0 Å². The lowest BCUT2D eigenvalue weighted by atomic mass is 9.94. The zero-order chi connectivity index (χ0) is 24.8. The number of tetrazole rings is 1. The summed E-state index contributed by atoms with van der Waals surface area (Å²) in [5.41, 5.74) is 1.79. The molecule has 0 bridgehead atoms. The van der Waals surface area contributed by atoms with Crippen molar-refractivity contribution in [2.24, 2.45) is 5.92 Å². The monoisotopic (exact) mass is 494 g/mol. The number of hydrogen-bond donors (Lipinski definition) is 1. The molecule has 2 amide bonds. The lowest BCUT2D eigenvalue weighted by Crippen LogP contribution is -2.53. The minimum absolute atomic E-state index is 0.0923. The number of benzene rings is 1. The Hall–Kier alpha value is -3.07. The normalized spacial score (nSPS) is 15.2. The summed E-state index contributed by atoms with van der Waals surface area (Å²) < 4.78 is 0. The molecule has 3 aromatic rings. The van der Waals surface area contributed by atoms with Crippen LogP contribution in [0, 0.1) is 12.8 Å². The Bertz CT molecular complexity index is 1100. The van der Waals surface area contributed by atoms with Crippen molar-refractivity contribution in [3.63, 3.8) is 0 Å². The number of carbonyl (C=O) groups is 2. The third-order valence-corrected chi connectivity index (χ3v) is 7.18. The average molecular weight is 495 g/mol. The zero-order valence-electron chi connectivity index (χ0n) is 20.7. The van der Waals surface area contributed by atoms with Gasteiger partial charge in [0.2, 0.25) is 11.7 Å². The summed E-state index contributed by atoms with van der Waals surface area (Å²) in [6.45, 7) is 6.05. The van der Waals surface area contributed by atoms with Crippen molar-refractivity contribution < 1.29 is 9.59 Å². The highest BCUT2D eigenvalue weighted by atomic mass is 32.1. The predicted octanol–water partition coefficient (Wildman–Crippen LogP) is 4.61. The molecule has 1 unspecified atom stereocenters. The molecule has 1 aliphatic carbocycles. The fourth-order valence-corrected chi connectivity index (χ4v) is 5.18. The van der Waals surface area contributed by atoms with Gasteiger partial charge in [-0.1, -0.05) is 56.9 Å². The average Bonchev–Trinajstić information content (AvgIpc) is 3.52. The van der Waals surface area contributed by atoms with Crippen LogP contribution in [0.15, 0.2) is 41.8 Å². The molecule has 1 N–H and O–H groups in total. The number of aryl methyl sites for hydroxylation is 1. The van der Waals surface area contributed by atoms with E-state index in [1.807, 2.05) is 48.7 Å². The third-order valence-electron chi connectivity index (χ3n) is 6.31. The van der Waals surface area contributed by atoms with E-state index in [9.17, 15) is 9.59 Å². The van der Waals surface area contributed by atoms with E-state index in [4.69, 9.17) is 0 Å². The van der Waals surface area contributed by atoms with Gasteiger partial charge in [-0.2, -0.15) is 4.80 Å². The van der Waals surface area contributed by atoms with E-state index < -0.39 is 6.04 Å². The molecule has 0 saturated heterocycles. The van der Waals surface area contributed by atoms with Crippen LogP contribution < -0.4 is 10.2 Å². The van der Waals surface area contributed by atoms with Gasteiger partial charge in [-0.3, -0.25) is 14.5 Å². The molecule has 4 rings (SSSR count). The van der Waals surface area contributed by atoms with Crippen LogP contribution in [0.4, 0.5) is 5.69 Å². The van der Waals surface area contributed by atoms with Crippen LogP contribution in [-0.4, -0.2) is 44.1 Å². The number of nitrogens with zero attached hydrogens (tertiary/aromatic N) is 5. The fraction of sp³-hybridized carbons (Fsp3) is 0.500. The highest BCUT2D eigenvalue weighted by molar-refractivity contribution is 7.13. The van der Waals surface area contributed by atoms with E-state index in [-0.39, 0.29) is 30.3 Å². The largest absolute Gasteiger partial charge is 0.352 e. The maximum atomic E-state index is 13.7. The number of amides is 2. The first-order chi connectivity index (χ1) is 16.9. The Labute approximate surface area is 210 Å². The number of anilines is 1. The van der Waals surface area contributed by atoms with Crippen LogP contribution in [0.2, 0.25) is 0 Å². The number of rotatable bonds is 9. The lowest BCUT2D eigenvalue weighted by molar-refractivity contribution is -0.127. The minimum Gasteiger partial charge on any atom is -0.352 e. The predicted molar refractivity (Wildman–Crippen MR) is 138 cm³/mol. The molecule has 1 saturated carbocycles. The van der Waals surface area contributed by atoms with E-state index in [0.717, 1.165) is 36.1 Å². The summed E-state index contributed by atoms with van der Waals surface area (Å²) in [6, 6.07) is 11.1. The molecule has 0 aliphatic heterocycles. The first-order valence-electron chi connectivity index (χ1n) is 12.4. The maximum absolute atomic E-state index is 13.7. The first kappa shape index (κ1) is 25.0. The number of aromatic nitrogens is 4. The Kier molecular flexibility index (Phi) is 8.28. The summed E-state index contributed by atoms with van der Waals surface area (Å²) in [6.07, 6.45) is 6.02. The van der Waals surface area contributed by atoms with E-state index in [2.05, 4.69) is 34.6 Å². The smallest absolute Gasteiger partial charge is 0.251 e. The van der Waals surface area contributed by atoms with Gasteiger partial charge in [-0.05, 0) is 60.9 Å². The Morgan fingerprint density at radius 3 is 2.54 bits per heavy atom. The number of carbonyl (C=O) groups excluding carboxylic acids is 2. The molecular formula is C26H34N6O2S. The number of thiophene rings is 1. The standard InChI is InChI=1S/C26H34N6O2S/c1-18(2)16-22(26(34)27-20-8-5-4-6-9-20)32(21-13-11-19(3)12-14-21)24(33)17-31-29-25(28-30-31)23-10-7-15-35-23/h7,10-15,18,20,22H,4-6,8-9,16-17H2,1-3H3,(H,27,34). The molecular weight excluding hydrogens is 460 g/mol. The third kappa shape index (κ3) is 6.54. The van der Waals surface area contributed by atoms with Crippen LogP contribution in [-0.2, 0) is 16.1 Å². The van der Waals surface area contributed by atoms with Crippen LogP contribution in [0.5, 0.6) is 0 Å². The fourth-order valence-electron chi connectivity index (χ4n) is 4.54. The van der Waals surface area contributed by atoms with Crippen molar-refractivity contribution in [3.05, 3.63) is 47.3 Å². The molecule has 2 heterocycles. The van der Waals surface area contributed by atoms with Gasteiger partial charge in [0.15, 0.2) is 0 Å². The highest BCUT2D eigenvalue weighted by Gasteiger charge is 2.33. The van der Waals surface area contributed by atoms with Gasteiger partial charge >= 0.3 is 0 Å². The quantitative estimate of drug-likeness (QED) is 0.469. The van der Waals surface area contributed by atoms with Gasteiger partial charge in [0.25, 0.3) is 5.91 Å². The molecule has 1 aromatic carbocycles. The minimum atomic E-state index is -0.618. The van der Waals surface area contributed by atoms with Crippen molar-refractivity contribution in [3.8, 4) is 10.7 Å². The van der Waals surface area contributed by atoms with Crippen molar-refractivity contribution in [1.29, 1.82) is 0 Å². The highest BCUT2D eigenvalue weighted by Crippen LogP contribution is 2.25. The summed E-state index contributed by atoms with van der Waals surface area (Å²) >= 11 is 1.52. The van der Waals surface area contributed by atoms with Gasteiger partial charge in [0.1, 0.15) is 12.6 Å². The van der Waals surface area contributed by atoms with Crippen LogP contribution in [0.3, 0.4) is 0 Å². The number of hydrogen-bond acceptors (Lipinski definition) is 6. The molecule has 0 radical (unpaired) electrons. The zero-order valence-corrected chi connectivity index (χ0v) is 21.5. The molecule has 9 heteroatoms. The van der Waals surface area contributed by atoms with E-state index in [0.29, 0.717) is 17.9 Å². The molecule has 186 valence electrons. The van der Waals surface area contributed by atoms with Gasteiger partial charge in [-0.15, -0.1) is 21.5 Å². The van der Waals surface area contributed by atoms with Crippen molar-refractivity contribution in [1.82, 2.24) is 25.5 Å². The second kappa shape index (κ2) is 11.6. The van der Waals surface area contributed by atoms with E-state index >= 15 is 0 Å². The van der Waals surface area contributed by atoms with E-state index in [1.54, 1.807) is 4.90 Å². The second-order valence-corrected chi connectivity index (χ2v) is 10.7. The Morgan fingerprint density at radius 1 is 1.14 bits per heavy atom. The molecule has 35 heavy (non-hydrogen) atoms. The van der Waals surface area contributed by atoms with Crippen LogP contribution in [0.25, 0.3) is 10.7 Å². The molecule has 1 atom stereocenters. The Balaban J connectivity index is 1.60. The molecule has 1 fully saturated rings. The van der Waals surface area contributed by atoms with Gasteiger partial charge < -0.3 is 5.32 Å². The number of nitrogens with one attached hydrogen (secondary N) is 1. The summed E-state index contributed by atoms with van der Waals surface area (Å²) in [5, 5.41) is 17.8. The summed E-state index contributed by atoms with van der Waals surface area (Å²) in [4.78, 5) is 31.2. The van der Waals surface area contributed by atoms with Crippen LogP contribution >= 0.6 is 11.3 Å². The summed E-state index contributed by atoms with van der Waals surface area (Å²) in [5.74, 6) is 0.384. The van der Waals surface area contributed by atoms with Gasteiger partial charge in [-0.25, -0.2) is 0 Å². The molecule has 1 aliphatic rings.